The quantitative estimate of drug-likeness (QED) is 0.441. The van der Waals surface area contributed by atoms with E-state index in [-0.39, 0.29) is 23.8 Å². The Hall–Kier alpha value is -2.27. The molecule has 3 rings (SSSR count). The molecule has 0 aromatic carbocycles. The number of amides is 1. The fourth-order valence-electron chi connectivity index (χ4n) is 2.94. The van der Waals surface area contributed by atoms with Gasteiger partial charge < -0.3 is 36.3 Å². The zero-order chi connectivity index (χ0) is 17.6. The molecule has 2 aromatic heterocycles. The second-order valence-electron chi connectivity index (χ2n) is 5.67. The van der Waals surface area contributed by atoms with Crippen LogP contribution >= 0.6 is 0 Å². The molecule has 10 nitrogen and oxygen atoms in total. The van der Waals surface area contributed by atoms with Crippen molar-refractivity contribution in [2.75, 3.05) is 19.3 Å². The molecule has 7 N–H and O–H groups in total. The molecule has 10 heteroatoms. The van der Waals surface area contributed by atoms with Crippen molar-refractivity contribution in [3.8, 4) is 0 Å². The van der Waals surface area contributed by atoms with E-state index in [1.807, 2.05) is 0 Å². The summed E-state index contributed by atoms with van der Waals surface area (Å²) in [7, 11) is 1.49. The number of aliphatic hydroxyl groups excluding tert-OH is 2. The fraction of sp³-hybridized carbons (Fsp3) is 0.500. The van der Waals surface area contributed by atoms with Gasteiger partial charge in [-0.05, 0) is 6.92 Å². The van der Waals surface area contributed by atoms with Crippen molar-refractivity contribution in [3.63, 3.8) is 0 Å². The molecule has 2 aromatic rings. The van der Waals surface area contributed by atoms with Gasteiger partial charge in [-0.15, -0.1) is 0 Å². The fourth-order valence-corrected chi connectivity index (χ4v) is 2.94. The van der Waals surface area contributed by atoms with E-state index >= 15 is 0 Å². The maximum absolute atomic E-state index is 12.2. The molecule has 1 amide bonds. The van der Waals surface area contributed by atoms with Gasteiger partial charge in [0.2, 0.25) is 0 Å². The van der Waals surface area contributed by atoms with E-state index in [0.717, 1.165) is 0 Å². The van der Waals surface area contributed by atoms with Crippen molar-refractivity contribution in [2.45, 2.75) is 31.5 Å². The highest BCUT2D eigenvalue weighted by atomic mass is 16.6. The number of anilines is 1. The normalized spacial score (nSPS) is 26.9. The summed E-state index contributed by atoms with van der Waals surface area (Å²) in [5, 5.41) is 23.2. The van der Waals surface area contributed by atoms with E-state index in [2.05, 4.69) is 15.3 Å². The first-order valence-corrected chi connectivity index (χ1v) is 7.47. The molecular weight excluding hydrogens is 316 g/mol. The van der Waals surface area contributed by atoms with Gasteiger partial charge in [-0.2, -0.15) is 0 Å². The first-order valence-electron chi connectivity index (χ1n) is 7.47. The minimum Gasteiger partial charge on any atom is -0.387 e. The van der Waals surface area contributed by atoms with Gasteiger partial charge in [0.15, 0.2) is 6.23 Å². The number of aromatic nitrogens is 3. The highest BCUT2D eigenvalue weighted by molar-refractivity contribution is 6.09. The summed E-state index contributed by atoms with van der Waals surface area (Å²) in [5.41, 5.74) is 12.1. The van der Waals surface area contributed by atoms with Crippen LogP contribution in [-0.2, 0) is 4.74 Å². The van der Waals surface area contributed by atoms with Crippen LogP contribution in [0.5, 0.6) is 0 Å². The summed E-state index contributed by atoms with van der Waals surface area (Å²) < 4.78 is 7.12. The smallest absolute Gasteiger partial charge is 0.253 e. The zero-order valence-corrected chi connectivity index (χ0v) is 13.3. The lowest BCUT2D eigenvalue weighted by molar-refractivity contribution is -0.0319. The van der Waals surface area contributed by atoms with Crippen LogP contribution in [0.15, 0.2) is 6.20 Å². The Morgan fingerprint density at radius 2 is 2.12 bits per heavy atom. The molecule has 3 heterocycles. The van der Waals surface area contributed by atoms with E-state index in [4.69, 9.17) is 16.2 Å². The molecule has 0 saturated carbocycles. The third-order valence-electron chi connectivity index (χ3n) is 4.13. The summed E-state index contributed by atoms with van der Waals surface area (Å²) in [5.74, 6) is 0.186. The molecule has 0 spiro atoms. The summed E-state index contributed by atoms with van der Waals surface area (Å²) in [6.45, 7) is 1.71. The Bertz CT molecular complexity index is 791. The van der Waals surface area contributed by atoms with Crippen molar-refractivity contribution in [2.24, 2.45) is 5.73 Å². The molecule has 1 saturated heterocycles. The van der Waals surface area contributed by atoms with Crippen LogP contribution < -0.4 is 16.8 Å². The average Bonchev–Trinajstić information content (AvgIpc) is 3.06. The van der Waals surface area contributed by atoms with E-state index in [1.54, 1.807) is 6.92 Å². The highest BCUT2D eigenvalue weighted by Crippen LogP contribution is 2.34. The SMILES string of the molecule is CNC(=O)c1cn([C@@H]2O[C@H](CN)[C@@H](O)[C@H]2O)c2nc(C)nc(N)c12. The Labute approximate surface area is 137 Å². The number of ether oxygens (including phenoxy) is 1. The second-order valence-corrected chi connectivity index (χ2v) is 5.67. The number of nitrogens with zero attached hydrogens (tertiary/aromatic N) is 3. The standard InChI is InChI=1S/C14H20N6O4/c1-5-18-11(16)8-6(13(23)17-2)4-20(12(8)19-5)14-10(22)9(21)7(3-15)24-14/h4,7,9-10,14,21-22H,3,15H2,1-2H3,(H,17,23)(H2,16,18,19)/t7-,9-,10-,14-/m1/s1. The van der Waals surface area contributed by atoms with E-state index < -0.39 is 24.5 Å². The van der Waals surface area contributed by atoms with Gasteiger partial charge in [-0.1, -0.05) is 0 Å². The van der Waals surface area contributed by atoms with Gasteiger partial charge in [-0.3, -0.25) is 4.79 Å². The number of aliphatic hydroxyl groups is 2. The number of rotatable bonds is 3. The average molecular weight is 336 g/mol. The highest BCUT2D eigenvalue weighted by Gasteiger charge is 2.44. The lowest BCUT2D eigenvalue weighted by atomic mass is 10.1. The molecule has 130 valence electrons. The minimum absolute atomic E-state index is 0.0480. The molecule has 1 aliphatic rings. The van der Waals surface area contributed by atoms with Crippen molar-refractivity contribution in [1.29, 1.82) is 0 Å². The number of fused-ring (bicyclic) bond motifs is 1. The Kier molecular flexibility index (Phi) is 4.13. The molecule has 0 bridgehead atoms. The predicted octanol–water partition coefficient (Wildman–Crippen LogP) is -1.74. The third-order valence-corrected chi connectivity index (χ3v) is 4.13. The summed E-state index contributed by atoms with van der Waals surface area (Å²) in [6.07, 6.45) is -2.54. The number of nitrogen functional groups attached to an aromatic ring is 1. The number of hydrogen-bond donors (Lipinski definition) is 5. The third kappa shape index (κ3) is 2.40. The van der Waals surface area contributed by atoms with Crippen molar-refractivity contribution in [1.82, 2.24) is 19.9 Å². The summed E-state index contributed by atoms with van der Waals surface area (Å²) in [4.78, 5) is 20.6. The maximum Gasteiger partial charge on any atom is 0.253 e. The molecule has 0 aliphatic carbocycles. The predicted molar refractivity (Wildman–Crippen MR) is 85.0 cm³/mol. The number of carbonyl (C=O) groups excluding carboxylic acids is 1. The lowest BCUT2D eigenvalue weighted by Gasteiger charge is -2.17. The van der Waals surface area contributed by atoms with Gasteiger partial charge in [-0.25, -0.2) is 9.97 Å². The van der Waals surface area contributed by atoms with Crippen molar-refractivity contribution >= 4 is 22.8 Å². The number of nitrogens with two attached hydrogens (primary N) is 2. The number of aryl methyl sites for hydroxylation is 1. The number of carbonyl (C=O) groups is 1. The van der Waals surface area contributed by atoms with Crippen molar-refractivity contribution in [3.05, 3.63) is 17.6 Å². The van der Waals surface area contributed by atoms with Gasteiger partial charge in [0, 0.05) is 19.8 Å². The van der Waals surface area contributed by atoms with Crippen LogP contribution in [0, 0.1) is 6.92 Å². The van der Waals surface area contributed by atoms with Crippen LogP contribution in [-0.4, -0.2) is 62.6 Å². The van der Waals surface area contributed by atoms with Gasteiger partial charge in [0.25, 0.3) is 5.91 Å². The molecule has 0 unspecified atom stereocenters. The van der Waals surface area contributed by atoms with E-state index in [9.17, 15) is 15.0 Å². The topological polar surface area (TPSA) is 162 Å². The minimum atomic E-state index is -1.22. The van der Waals surface area contributed by atoms with Gasteiger partial charge in [0.05, 0.1) is 10.9 Å². The summed E-state index contributed by atoms with van der Waals surface area (Å²) >= 11 is 0. The largest absolute Gasteiger partial charge is 0.387 e. The number of nitrogens with one attached hydrogen (secondary N) is 1. The Morgan fingerprint density at radius 3 is 2.71 bits per heavy atom. The first kappa shape index (κ1) is 16.6. The van der Waals surface area contributed by atoms with Crippen LogP contribution in [0.25, 0.3) is 11.0 Å². The zero-order valence-electron chi connectivity index (χ0n) is 13.3. The lowest BCUT2D eigenvalue weighted by Crippen LogP contribution is -2.35. The Balaban J connectivity index is 2.20. The second kappa shape index (κ2) is 5.98. The monoisotopic (exact) mass is 336 g/mol. The van der Waals surface area contributed by atoms with Crippen molar-refractivity contribution < 1.29 is 19.7 Å². The molecule has 1 aliphatic heterocycles. The van der Waals surface area contributed by atoms with Crippen LogP contribution in [0.2, 0.25) is 0 Å². The molecule has 0 radical (unpaired) electrons. The first-order chi connectivity index (χ1) is 11.4. The van der Waals surface area contributed by atoms with E-state index in [1.165, 1.54) is 17.8 Å². The van der Waals surface area contributed by atoms with Gasteiger partial charge >= 0.3 is 0 Å². The van der Waals surface area contributed by atoms with E-state index in [0.29, 0.717) is 16.9 Å². The van der Waals surface area contributed by atoms with Gasteiger partial charge in [0.1, 0.15) is 35.6 Å². The molecular formula is C14H20N6O4. The Morgan fingerprint density at radius 1 is 1.42 bits per heavy atom. The van der Waals surface area contributed by atoms with Crippen LogP contribution in [0.1, 0.15) is 22.4 Å². The number of hydrogen-bond acceptors (Lipinski definition) is 8. The summed E-state index contributed by atoms with van der Waals surface area (Å²) in [6, 6.07) is 0. The molecule has 24 heavy (non-hydrogen) atoms. The maximum atomic E-state index is 12.2. The molecule has 4 atom stereocenters. The molecule has 1 fully saturated rings. The van der Waals surface area contributed by atoms with Crippen LogP contribution in [0.4, 0.5) is 5.82 Å². The van der Waals surface area contributed by atoms with Crippen LogP contribution in [0.3, 0.4) is 0 Å².